The minimum absolute atomic E-state index is 0.257. The summed E-state index contributed by atoms with van der Waals surface area (Å²) in [5.41, 5.74) is 1.98. The van der Waals surface area contributed by atoms with Gasteiger partial charge in [-0.05, 0) is 50.5 Å². The molecule has 0 atom stereocenters. The average molecular weight is 330 g/mol. The summed E-state index contributed by atoms with van der Waals surface area (Å²) in [6.07, 6.45) is 0. The van der Waals surface area contributed by atoms with Crippen molar-refractivity contribution >= 4 is 32.4 Å². The van der Waals surface area contributed by atoms with Crippen LogP contribution < -0.4 is 5.32 Å². The molecular formula is C17H13BrFN. The van der Waals surface area contributed by atoms with Gasteiger partial charge in [-0.1, -0.05) is 42.5 Å². The summed E-state index contributed by atoms with van der Waals surface area (Å²) >= 11 is 3.16. The van der Waals surface area contributed by atoms with Crippen molar-refractivity contribution in [2.24, 2.45) is 0 Å². The maximum absolute atomic E-state index is 13.5. The Morgan fingerprint density at radius 2 is 1.75 bits per heavy atom. The topological polar surface area (TPSA) is 12.0 Å². The van der Waals surface area contributed by atoms with Crippen molar-refractivity contribution in [2.75, 3.05) is 5.32 Å². The molecule has 0 heterocycles. The number of fused-ring (bicyclic) bond motifs is 1. The summed E-state index contributed by atoms with van der Waals surface area (Å²) in [5.74, 6) is -0.257. The van der Waals surface area contributed by atoms with E-state index in [0.717, 1.165) is 5.69 Å². The Morgan fingerprint density at radius 1 is 0.950 bits per heavy atom. The Bertz CT molecular complexity index is 750. The van der Waals surface area contributed by atoms with Gasteiger partial charge in [0.15, 0.2) is 0 Å². The van der Waals surface area contributed by atoms with Gasteiger partial charge in [0.2, 0.25) is 0 Å². The molecule has 0 radical (unpaired) electrons. The third-order valence-electron chi connectivity index (χ3n) is 3.28. The van der Waals surface area contributed by atoms with Gasteiger partial charge in [0.05, 0.1) is 4.47 Å². The first-order valence-corrected chi connectivity index (χ1v) is 7.19. The zero-order valence-corrected chi connectivity index (χ0v) is 12.3. The molecule has 3 rings (SSSR count). The molecule has 3 aromatic carbocycles. The van der Waals surface area contributed by atoms with Crippen LogP contribution in [0.25, 0.3) is 10.8 Å². The number of anilines is 1. The molecule has 100 valence electrons. The molecule has 0 aliphatic carbocycles. The summed E-state index contributed by atoms with van der Waals surface area (Å²) in [5, 5.41) is 5.70. The summed E-state index contributed by atoms with van der Waals surface area (Å²) in [7, 11) is 0. The molecule has 3 aromatic rings. The molecule has 0 fully saturated rings. The lowest BCUT2D eigenvalue weighted by molar-refractivity contribution is 0.621. The van der Waals surface area contributed by atoms with Gasteiger partial charge in [0, 0.05) is 12.2 Å². The number of benzene rings is 3. The van der Waals surface area contributed by atoms with Crippen molar-refractivity contribution < 1.29 is 4.39 Å². The molecule has 0 aliphatic rings. The fraction of sp³-hybridized carbons (Fsp3) is 0.0588. The Hall–Kier alpha value is -1.87. The van der Waals surface area contributed by atoms with Crippen LogP contribution >= 0.6 is 15.9 Å². The zero-order chi connectivity index (χ0) is 13.9. The molecule has 0 spiro atoms. The molecule has 1 N–H and O–H groups in total. The SMILES string of the molecule is Fc1cc(NCc2cccc3ccccc23)ccc1Br. The predicted octanol–water partition coefficient (Wildman–Crippen LogP) is 5.35. The largest absolute Gasteiger partial charge is 0.381 e. The second-order valence-electron chi connectivity index (χ2n) is 4.62. The van der Waals surface area contributed by atoms with E-state index in [4.69, 9.17) is 0 Å². The minimum atomic E-state index is -0.257. The molecule has 0 saturated heterocycles. The smallest absolute Gasteiger partial charge is 0.139 e. The fourth-order valence-electron chi connectivity index (χ4n) is 2.25. The van der Waals surface area contributed by atoms with Crippen molar-refractivity contribution in [2.45, 2.75) is 6.54 Å². The Kier molecular flexibility index (Phi) is 3.70. The molecule has 3 heteroatoms. The van der Waals surface area contributed by atoms with Crippen LogP contribution in [0.15, 0.2) is 65.1 Å². The first kappa shape index (κ1) is 13.1. The molecule has 20 heavy (non-hydrogen) atoms. The van der Waals surface area contributed by atoms with Gasteiger partial charge < -0.3 is 5.32 Å². The summed E-state index contributed by atoms with van der Waals surface area (Å²) in [4.78, 5) is 0. The Labute approximate surface area is 125 Å². The quantitative estimate of drug-likeness (QED) is 0.682. The zero-order valence-electron chi connectivity index (χ0n) is 10.7. The van der Waals surface area contributed by atoms with Crippen LogP contribution in [0.5, 0.6) is 0 Å². The highest BCUT2D eigenvalue weighted by atomic mass is 79.9. The maximum Gasteiger partial charge on any atom is 0.139 e. The highest BCUT2D eigenvalue weighted by Gasteiger charge is 2.02. The van der Waals surface area contributed by atoms with Crippen LogP contribution in [0.3, 0.4) is 0 Å². The second kappa shape index (κ2) is 5.63. The van der Waals surface area contributed by atoms with Gasteiger partial charge >= 0.3 is 0 Å². The molecule has 0 unspecified atom stereocenters. The fourth-order valence-corrected chi connectivity index (χ4v) is 2.50. The van der Waals surface area contributed by atoms with Gasteiger partial charge in [0.1, 0.15) is 5.82 Å². The van der Waals surface area contributed by atoms with Crippen molar-refractivity contribution in [3.63, 3.8) is 0 Å². The summed E-state index contributed by atoms with van der Waals surface area (Å²) < 4.78 is 14.0. The maximum atomic E-state index is 13.5. The van der Waals surface area contributed by atoms with Crippen LogP contribution in [0.4, 0.5) is 10.1 Å². The van der Waals surface area contributed by atoms with Crippen LogP contribution in [-0.4, -0.2) is 0 Å². The van der Waals surface area contributed by atoms with E-state index in [1.807, 2.05) is 24.3 Å². The van der Waals surface area contributed by atoms with Crippen LogP contribution in [-0.2, 0) is 6.54 Å². The van der Waals surface area contributed by atoms with Gasteiger partial charge in [-0.15, -0.1) is 0 Å². The van der Waals surface area contributed by atoms with Gasteiger partial charge in [-0.2, -0.15) is 0 Å². The molecule has 1 nitrogen and oxygen atoms in total. The molecule has 0 bridgehead atoms. The lowest BCUT2D eigenvalue weighted by Crippen LogP contribution is -2.00. The minimum Gasteiger partial charge on any atom is -0.381 e. The summed E-state index contributed by atoms with van der Waals surface area (Å²) in [6, 6.07) is 19.6. The van der Waals surface area contributed by atoms with E-state index in [0.29, 0.717) is 11.0 Å². The van der Waals surface area contributed by atoms with Crippen molar-refractivity contribution in [1.29, 1.82) is 0 Å². The highest BCUT2D eigenvalue weighted by molar-refractivity contribution is 9.10. The molecule has 0 saturated carbocycles. The molecule has 0 aliphatic heterocycles. The van der Waals surface area contributed by atoms with E-state index in [9.17, 15) is 4.39 Å². The number of halogens is 2. The average Bonchev–Trinajstić information content (AvgIpc) is 2.48. The monoisotopic (exact) mass is 329 g/mol. The number of nitrogens with one attached hydrogen (secondary N) is 1. The van der Waals surface area contributed by atoms with E-state index in [2.05, 4.69) is 45.5 Å². The van der Waals surface area contributed by atoms with Gasteiger partial charge in [0.25, 0.3) is 0 Å². The predicted molar refractivity (Wildman–Crippen MR) is 85.4 cm³/mol. The van der Waals surface area contributed by atoms with E-state index >= 15 is 0 Å². The van der Waals surface area contributed by atoms with Crippen molar-refractivity contribution in [3.8, 4) is 0 Å². The van der Waals surface area contributed by atoms with E-state index in [1.165, 1.54) is 22.4 Å². The first-order valence-electron chi connectivity index (χ1n) is 6.39. The Morgan fingerprint density at radius 3 is 2.60 bits per heavy atom. The number of rotatable bonds is 3. The van der Waals surface area contributed by atoms with Crippen LogP contribution in [0.1, 0.15) is 5.56 Å². The molecule has 0 amide bonds. The third kappa shape index (κ3) is 2.68. The number of hydrogen-bond acceptors (Lipinski definition) is 1. The lowest BCUT2D eigenvalue weighted by Gasteiger charge is -2.10. The van der Waals surface area contributed by atoms with Crippen LogP contribution in [0, 0.1) is 5.82 Å². The van der Waals surface area contributed by atoms with Gasteiger partial charge in [-0.3, -0.25) is 0 Å². The summed E-state index contributed by atoms with van der Waals surface area (Å²) in [6.45, 7) is 0.669. The van der Waals surface area contributed by atoms with Crippen LogP contribution in [0.2, 0.25) is 0 Å². The standard InChI is InChI=1S/C17H13BrFN/c18-16-9-8-14(10-17(16)19)20-11-13-6-3-5-12-4-1-2-7-15(12)13/h1-10,20H,11H2. The molecule has 0 aromatic heterocycles. The van der Waals surface area contributed by atoms with Crippen molar-refractivity contribution in [1.82, 2.24) is 0 Å². The first-order chi connectivity index (χ1) is 9.74. The van der Waals surface area contributed by atoms with E-state index < -0.39 is 0 Å². The van der Waals surface area contributed by atoms with E-state index in [1.54, 1.807) is 6.07 Å². The molecular weight excluding hydrogens is 317 g/mol. The Balaban J connectivity index is 1.85. The third-order valence-corrected chi connectivity index (χ3v) is 3.93. The van der Waals surface area contributed by atoms with Crippen molar-refractivity contribution in [3.05, 3.63) is 76.5 Å². The normalized spacial score (nSPS) is 10.7. The van der Waals surface area contributed by atoms with Gasteiger partial charge in [-0.25, -0.2) is 4.39 Å². The number of hydrogen-bond donors (Lipinski definition) is 1. The second-order valence-corrected chi connectivity index (χ2v) is 5.48. The highest BCUT2D eigenvalue weighted by Crippen LogP contribution is 2.22. The lowest BCUT2D eigenvalue weighted by atomic mass is 10.0. The van der Waals surface area contributed by atoms with E-state index in [-0.39, 0.29) is 5.82 Å².